The number of nitrogens with zero attached hydrogens (tertiary/aromatic N) is 1. The van der Waals surface area contributed by atoms with Gasteiger partial charge in [-0.2, -0.15) is 0 Å². The van der Waals surface area contributed by atoms with E-state index in [0.717, 1.165) is 29.7 Å². The van der Waals surface area contributed by atoms with Gasteiger partial charge >= 0.3 is 0 Å². The van der Waals surface area contributed by atoms with Crippen LogP contribution in [0.1, 0.15) is 29.7 Å². The molecule has 0 aliphatic rings. The zero-order chi connectivity index (χ0) is 13.7. The van der Waals surface area contributed by atoms with E-state index in [0.29, 0.717) is 0 Å². The van der Waals surface area contributed by atoms with Crippen molar-refractivity contribution in [3.05, 3.63) is 65.2 Å². The van der Waals surface area contributed by atoms with Crippen molar-refractivity contribution in [3.63, 3.8) is 0 Å². The Balaban J connectivity index is 2.27. The standard InChI is InChI=1S/C16H19FN2/c1-3-19-16(10-13-5-4-8-18-11-13)14-9-12(2)6-7-15(14)17/h4-9,11,16,19H,3,10H2,1-2H3. The number of pyridine rings is 1. The molecule has 1 aromatic carbocycles. The first-order chi connectivity index (χ1) is 9.20. The Bertz CT molecular complexity index is 526. The molecule has 2 aromatic rings. The molecule has 0 saturated carbocycles. The molecule has 100 valence electrons. The summed E-state index contributed by atoms with van der Waals surface area (Å²) in [5, 5.41) is 3.35. The van der Waals surface area contributed by atoms with Crippen LogP contribution in [0.2, 0.25) is 0 Å². The van der Waals surface area contributed by atoms with Gasteiger partial charge in [-0.1, -0.05) is 30.7 Å². The molecule has 0 amide bonds. The van der Waals surface area contributed by atoms with Gasteiger partial charge in [0, 0.05) is 24.0 Å². The smallest absolute Gasteiger partial charge is 0.128 e. The monoisotopic (exact) mass is 258 g/mol. The minimum atomic E-state index is -0.152. The van der Waals surface area contributed by atoms with E-state index in [4.69, 9.17) is 0 Å². The summed E-state index contributed by atoms with van der Waals surface area (Å²) >= 11 is 0. The van der Waals surface area contributed by atoms with Crippen LogP contribution >= 0.6 is 0 Å². The Morgan fingerprint density at radius 3 is 2.84 bits per heavy atom. The van der Waals surface area contributed by atoms with Crippen molar-refractivity contribution in [1.29, 1.82) is 0 Å². The van der Waals surface area contributed by atoms with Gasteiger partial charge in [0.25, 0.3) is 0 Å². The number of halogens is 1. The lowest BCUT2D eigenvalue weighted by molar-refractivity contribution is 0.509. The summed E-state index contributed by atoms with van der Waals surface area (Å²) in [7, 11) is 0. The predicted octanol–water partition coefficient (Wildman–Crippen LogP) is 3.42. The van der Waals surface area contributed by atoms with Crippen LogP contribution in [0.25, 0.3) is 0 Å². The van der Waals surface area contributed by atoms with Crippen LogP contribution < -0.4 is 5.32 Å². The highest BCUT2D eigenvalue weighted by Gasteiger charge is 2.15. The zero-order valence-corrected chi connectivity index (χ0v) is 11.4. The van der Waals surface area contributed by atoms with Gasteiger partial charge in [0.15, 0.2) is 0 Å². The number of nitrogens with one attached hydrogen (secondary N) is 1. The van der Waals surface area contributed by atoms with E-state index in [9.17, 15) is 4.39 Å². The molecular weight excluding hydrogens is 239 g/mol. The highest BCUT2D eigenvalue weighted by molar-refractivity contribution is 5.28. The molecule has 1 unspecified atom stereocenters. The van der Waals surface area contributed by atoms with E-state index < -0.39 is 0 Å². The lowest BCUT2D eigenvalue weighted by Gasteiger charge is -2.19. The van der Waals surface area contributed by atoms with Crippen molar-refractivity contribution in [2.75, 3.05) is 6.54 Å². The second-order valence-electron chi connectivity index (χ2n) is 4.70. The fraction of sp³-hybridized carbons (Fsp3) is 0.312. The van der Waals surface area contributed by atoms with Gasteiger partial charge in [-0.25, -0.2) is 4.39 Å². The molecule has 0 spiro atoms. The van der Waals surface area contributed by atoms with E-state index in [-0.39, 0.29) is 11.9 Å². The van der Waals surface area contributed by atoms with Crippen LogP contribution in [0.3, 0.4) is 0 Å². The second kappa shape index (κ2) is 6.43. The fourth-order valence-electron chi connectivity index (χ4n) is 2.22. The van der Waals surface area contributed by atoms with E-state index in [1.807, 2.05) is 38.2 Å². The van der Waals surface area contributed by atoms with Crippen molar-refractivity contribution in [2.45, 2.75) is 26.3 Å². The van der Waals surface area contributed by atoms with Crippen LogP contribution in [0.5, 0.6) is 0 Å². The molecule has 0 radical (unpaired) electrons. The van der Waals surface area contributed by atoms with E-state index in [1.54, 1.807) is 12.3 Å². The lowest BCUT2D eigenvalue weighted by atomic mass is 9.98. The fourth-order valence-corrected chi connectivity index (χ4v) is 2.22. The van der Waals surface area contributed by atoms with Gasteiger partial charge in [0.2, 0.25) is 0 Å². The van der Waals surface area contributed by atoms with Gasteiger partial charge < -0.3 is 5.32 Å². The highest BCUT2D eigenvalue weighted by Crippen LogP contribution is 2.22. The first kappa shape index (κ1) is 13.7. The molecule has 0 fully saturated rings. The Morgan fingerprint density at radius 1 is 1.32 bits per heavy atom. The minimum absolute atomic E-state index is 0.0194. The Morgan fingerprint density at radius 2 is 2.16 bits per heavy atom. The van der Waals surface area contributed by atoms with Gasteiger partial charge in [-0.05, 0) is 37.6 Å². The molecule has 0 bridgehead atoms. The van der Waals surface area contributed by atoms with E-state index in [2.05, 4.69) is 10.3 Å². The van der Waals surface area contributed by atoms with Crippen molar-refractivity contribution in [2.24, 2.45) is 0 Å². The summed E-state index contributed by atoms with van der Waals surface area (Å²) in [5.74, 6) is -0.152. The average Bonchev–Trinajstić information content (AvgIpc) is 2.42. The molecule has 2 rings (SSSR count). The molecular formula is C16H19FN2. The number of likely N-dealkylation sites (N-methyl/N-ethyl adjacent to an activating group) is 1. The van der Waals surface area contributed by atoms with Gasteiger partial charge in [0.1, 0.15) is 5.82 Å². The number of aromatic nitrogens is 1. The van der Waals surface area contributed by atoms with Crippen molar-refractivity contribution in [1.82, 2.24) is 10.3 Å². The van der Waals surface area contributed by atoms with E-state index >= 15 is 0 Å². The topological polar surface area (TPSA) is 24.9 Å². The molecule has 3 heteroatoms. The SMILES string of the molecule is CCNC(Cc1cccnc1)c1cc(C)ccc1F. The summed E-state index contributed by atoms with van der Waals surface area (Å²) in [6.45, 7) is 4.82. The normalized spacial score (nSPS) is 12.4. The first-order valence-corrected chi connectivity index (χ1v) is 6.59. The van der Waals surface area contributed by atoms with Gasteiger partial charge in [0.05, 0.1) is 0 Å². The van der Waals surface area contributed by atoms with Crippen molar-refractivity contribution in [3.8, 4) is 0 Å². The summed E-state index contributed by atoms with van der Waals surface area (Å²) < 4.78 is 14.0. The molecule has 0 saturated heterocycles. The van der Waals surface area contributed by atoms with Crippen LogP contribution in [0.4, 0.5) is 4.39 Å². The van der Waals surface area contributed by atoms with Crippen molar-refractivity contribution < 1.29 is 4.39 Å². The maximum atomic E-state index is 14.0. The molecule has 1 atom stereocenters. The Hall–Kier alpha value is -1.74. The van der Waals surface area contributed by atoms with Crippen molar-refractivity contribution >= 4 is 0 Å². The maximum Gasteiger partial charge on any atom is 0.128 e. The number of benzene rings is 1. The number of hydrogen-bond donors (Lipinski definition) is 1. The third-order valence-corrected chi connectivity index (χ3v) is 3.14. The number of rotatable bonds is 5. The summed E-state index contributed by atoms with van der Waals surface area (Å²) in [6, 6.07) is 9.16. The highest BCUT2D eigenvalue weighted by atomic mass is 19.1. The summed E-state index contributed by atoms with van der Waals surface area (Å²) in [6.07, 6.45) is 4.32. The molecule has 1 N–H and O–H groups in total. The summed E-state index contributed by atoms with van der Waals surface area (Å²) in [4.78, 5) is 4.11. The first-order valence-electron chi connectivity index (χ1n) is 6.59. The average molecular weight is 258 g/mol. The quantitative estimate of drug-likeness (QED) is 0.888. The number of aryl methyl sites for hydroxylation is 1. The summed E-state index contributed by atoms with van der Waals surface area (Å²) in [5.41, 5.74) is 2.91. The third kappa shape index (κ3) is 3.61. The van der Waals surface area contributed by atoms with Crippen LogP contribution in [0.15, 0.2) is 42.7 Å². The zero-order valence-electron chi connectivity index (χ0n) is 11.4. The molecule has 1 heterocycles. The molecule has 19 heavy (non-hydrogen) atoms. The lowest BCUT2D eigenvalue weighted by Crippen LogP contribution is -2.24. The molecule has 2 nitrogen and oxygen atoms in total. The largest absolute Gasteiger partial charge is 0.310 e. The molecule has 1 aromatic heterocycles. The molecule has 0 aliphatic carbocycles. The number of hydrogen-bond acceptors (Lipinski definition) is 2. The Labute approximate surface area is 113 Å². The molecule has 0 aliphatic heterocycles. The van der Waals surface area contributed by atoms with Gasteiger partial charge in [-0.3, -0.25) is 4.98 Å². The predicted molar refractivity (Wildman–Crippen MR) is 75.5 cm³/mol. The van der Waals surface area contributed by atoms with Crippen LogP contribution in [-0.4, -0.2) is 11.5 Å². The van der Waals surface area contributed by atoms with Gasteiger partial charge in [-0.15, -0.1) is 0 Å². The van der Waals surface area contributed by atoms with Crippen LogP contribution in [0, 0.1) is 12.7 Å². The van der Waals surface area contributed by atoms with E-state index in [1.165, 1.54) is 6.07 Å². The second-order valence-corrected chi connectivity index (χ2v) is 4.70. The minimum Gasteiger partial charge on any atom is -0.310 e. The maximum absolute atomic E-state index is 14.0. The van der Waals surface area contributed by atoms with Crippen LogP contribution in [-0.2, 0) is 6.42 Å². The Kier molecular flexibility index (Phi) is 4.63. The third-order valence-electron chi connectivity index (χ3n) is 3.14.